The number of nitrogens with zero attached hydrogens (tertiary/aromatic N) is 2. The topological polar surface area (TPSA) is 78.3 Å². The first kappa shape index (κ1) is 95.3. The molecule has 0 saturated heterocycles. The average molecular weight is 1990 g/mol. The molecule has 0 bridgehead atoms. The number of aromatic nitrogens is 2. The lowest BCUT2D eigenvalue weighted by molar-refractivity contribution is 0.662. The van der Waals surface area contributed by atoms with Crippen LogP contribution < -0.4 is 0 Å². The Bertz CT molecular complexity index is 9650. The van der Waals surface area contributed by atoms with Gasteiger partial charge in [-0.15, -0.1) is 45.3 Å². The summed E-state index contributed by atoms with van der Waals surface area (Å²) in [4.78, 5) is 8.52. The molecule has 0 aliphatic carbocycles. The summed E-state index contributed by atoms with van der Waals surface area (Å²) >= 11 is 7.47. The number of aryl methyl sites for hydroxylation is 9. The molecule has 0 radical (unpaired) electrons. The van der Waals surface area contributed by atoms with Gasteiger partial charge in [0.05, 0.1) is 16.1 Å². The molecule has 10 aromatic heterocycles. The van der Waals surface area contributed by atoms with Crippen LogP contribution in [0.4, 0.5) is 0 Å². The van der Waals surface area contributed by atoms with Gasteiger partial charge in [0, 0.05) is 137 Å². The van der Waals surface area contributed by atoms with Crippen LogP contribution in [0.2, 0.25) is 0 Å². The van der Waals surface area contributed by atoms with Gasteiger partial charge in [-0.05, 0) is 225 Å². The zero-order valence-corrected chi connectivity index (χ0v) is 87.4. The van der Waals surface area contributed by atoms with E-state index >= 15 is 0 Å². The quantitative estimate of drug-likeness (QED) is 0.164. The number of hydrogen-bond donors (Lipinski definition) is 0. The van der Waals surface area contributed by atoms with Crippen molar-refractivity contribution in [1.29, 1.82) is 0 Å². The van der Waals surface area contributed by atoms with E-state index in [0.29, 0.717) is 0 Å². The molecule has 31 rings (SSSR count). The Labute approximate surface area is 880 Å². The van der Waals surface area contributed by atoms with Crippen molar-refractivity contribution in [2.45, 2.75) is 62.3 Å². The molecule has 0 saturated carbocycles. The first-order chi connectivity index (χ1) is 73.1. The zero-order valence-electron chi connectivity index (χ0n) is 84.1. The van der Waals surface area contributed by atoms with Crippen LogP contribution in [0.25, 0.3) is 234 Å². The smallest absolute Gasteiger partial charge is 0.156 e. The molecule has 718 valence electrons. The van der Waals surface area contributed by atoms with Crippen LogP contribution in [0.1, 0.15) is 50.3 Å². The minimum absolute atomic E-state index is 0.897. The number of pyridine rings is 2. The molecule has 0 spiro atoms. The third-order valence-corrected chi connectivity index (χ3v) is 32.8. The fraction of sp³-hybridized carbons (Fsp3) is 0.0647. The highest BCUT2D eigenvalue weighted by Crippen LogP contribution is 2.45. The maximum Gasteiger partial charge on any atom is 0.156 e. The van der Waals surface area contributed by atoms with Crippen molar-refractivity contribution in [2.24, 2.45) is 0 Å². The summed E-state index contributed by atoms with van der Waals surface area (Å²) < 4.78 is 34.3. The van der Waals surface area contributed by atoms with Gasteiger partial charge in [-0.3, -0.25) is 9.97 Å². The van der Waals surface area contributed by atoms with Gasteiger partial charge in [-0.2, -0.15) is 0 Å². The van der Waals surface area contributed by atoms with Gasteiger partial charge in [0.1, 0.15) is 39.1 Å². The van der Waals surface area contributed by atoms with Crippen LogP contribution in [-0.2, 0) is 0 Å². The van der Waals surface area contributed by atoms with E-state index in [4.69, 9.17) is 17.7 Å². The third-order valence-electron chi connectivity index (χ3n) is 27.8. The van der Waals surface area contributed by atoms with E-state index in [1.54, 1.807) is 0 Å². The second-order valence-corrected chi connectivity index (χ2v) is 42.3. The molecule has 10 heteroatoms. The molecule has 0 amide bonds. The number of fused-ring (bicyclic) bond motifs is 30. The molecular formula is C139H104N2O4S4. The Morgan fingerprint density at radius 1 is 0.161 bits per heavy atom. The molecule has 6 nitrogen and oxygen atoms in total. The third kappa shape index (κ3) is 19.5. The van der Waals surface area contributed by atoms with Crippen molar-refractivity contribution >= 4 is 246 Å². The summed E-state index contributed by atoms with van der Waals surface area (Å²) in [7, 11) is 0. The zero-order chi connectivity index (χ0) is 101. The van der Waals surface area contributed by atoms with E-state index < -0.39 is 0 Å². The summed E-state index contributed by atoms with van der Waals surface area (Å²) in [6, 6.07) is 160. The number of furan rings is 4. The second-order valence-electron chi connectivity index (χ2n) is 38.1. The summed E-state index contributed by atoms with van der Waals surface area (Å²) in [6.45, 7) is 18.9. The molecule has 149 heavy (non-hydrogen) atoms. The Balaban J connectivity index is 0.0000000927. The van der Waals surface area contributed by atoms with Gasteiger partial charge >= 0.3 is 0 Å². The van der Waals surface area contributed by atoms with Crippen LogP contribution in [0.5, 0.6) is 0 Å². The Hall–Kier alpha value is -17.2. The Morgan fingerprint density at radius 2 is 0.490 bits per heavy atom. The highest BCUT2D eigenvalue weighted by atomic mass is 32.1. The van der Waals surface area contributed by atoms with Crippen LogP contribution in [0.3, 0.4) is 0 Å². The van der Waals surface area contributed by atoms with Gasteiger partial charge in [0.25, 0.3) is 0 Å². The van der Waals surface area contributed by atoms with E-state index in [1.807, 2.05) is 144 Å². The first-order valence-corrected chi connectivity index (χ1v) is 53.7. The molecule has 0 fully saturated rings. The van der Waals surface area contributed by atoms with Crippen molar-refractivity contribution in [3.63, 3.8) is 0 Å². The molecule has 0 atom stereocenters. The molecule has 31 aromatic rings. The van der Waals surface area contributed by atoms with E-state index in [-0.39, 0.29) is 0 Å². The molecule has 0 unspecified atom stereocenters. The van der Waals surface area contributed by atoms with Crippen LogP contribution in [0, 0.1) is 62.3 Å². The highest BCUT2D eigenvalue weighted by molar-refractivity contribution is 7.27. The van der Waals surface area contributed by atoms with Crippen molar-refractivity contribution in [3.8, 4) is 33.4 Å². The molecule has 0 aliphatic rings. The summed E-state index contributed by atoms with van der Waals surface area (Å²) in [6.07, 6.45) is 3.70. The van der Waals surface area contributed by atoms with E-state index in [2.05, 4.69) is 441 Å². The fourth-order valence-electron chi connectivity index (χ4n) is 20.5. The standard InChI is InChI=1S/C25H18.C19H14O.C19H14S.2C13H10O.2C13H10S.C12H9NO.C12H9NS/c1-17-7-6-8-18(15-17)19-13-14-24-22-11-3-2-9-20(22)21-10-4-5-12-23(21)25(24)16-19;2*1-13-6-4-7-14(12-13)15-9-5-10-17-16-8-2-3-11-18(16)20-19(15)17;1-9-5-4-7-11-10-6-2-3-8-12(10)14-13(9)11;1-9-6-7-13-11(8-9)10-4-2-3-5-12(10)14-13;1-9-5-4-7-11-10-6-2-3-8-12(10)14-13(9)11;1-9-6-7-13-11(8-9)10-4-2-3-5-12(10)14-13;2*1-8-12-10(6-7-13-8)9-4-2-3-5-11(9)14-12/h2-16H,1H3;2*2-12H,1H3;4*2-8H,1H3;2*2-7H,1H3. The van der Waals surface area contributed by atoms with Gasteiger partial charge in [-0.1, -0.05) is 392 Å². The highest BCUT2D eigenvalue weighted by Gasteiger charge is 2.18. The largest absolute Gasteiger partial charge is 0.456 e. The number of thiophene rings is 4. The lowest BCUT2D eigenvalue weighted by Crippen LogP contribution is -1.85. The second kappa shape index (κ2) is 42.1. The fourth-order valence-corrected chi connectivity index (χ4v) is 25.1. The maximum absolute atomic E-state index is 6.08. The van der Waals surface area contributed by atoms with E-state index in [9.17, 15) is 0 Å². The molecule has 0 aliphatic heterocycles. The van der Waals surface area contributed by atoms with Crippen LogP contribution in [-0.4, -0.2) is 9.97 Å². The van der Waals surface area contributed by atoms with Crippen molar-refractivity contribution in [1.82, 2.24) is 9.97 Å². The van der Waals surface area contributed by atoms with Crippen LogP contribution in [0.15, 0.2) is 485 Å². The monoisotopic (exact) mass is 1990 g/mol. The normalized spacial score (nSPS) is 11.3. The Morgan fingerprint density at radius 3 is 1.05 bits per heavy atom. The van der Waals surface area contributed by atoms with Crippen molar-refractivity contribution in [3.05, 3.63) is 518 Å². The van der Waals surface area contributed by atoms with Gasteiger partial charge < -0.3 is 17.7 Å². The van der Waals surface area contributed by atoms with E-state index in [0.717, 1.165) is 72.4 Å². The predicted octanol–water partition coefficient (Wildman–Crippen LogP) is 42.3. The lowest BCUT2D eigenvalue weighted by atomic mass is 9.92. The number of para-hydroxylation sites is 6. The Kier molecular flexibility index (Phi) is 26.9. The summed E-state index contributed by atoms with van der Waals surface area (Å²) in [5.41, 5.74) is 26.3. The molecule has 21 aromatic carbocycles. The summed E-state index contributed by atoms with van der Waals surface area (Å²) in [5, 5.41) is 28.4. The van der Waals surface area contributed by atoms with Gasteiger partial charge in [0.2, 0.25) is 0 Å². The molecule has 10 heterocycles. The maximum atomic E-state index is 6.08. The number of rotatable bonds is 3. The molecular weight excluding hydrogens is 1890 g/mol. The van der Waals surface area contributed by atoms with Gasteiger partial charge in [0.15, 0.2) is 5.58 Å². The number of hydrogen-bond acceptors (Lipinski definition) is 10. The van der Waals surface area contributed by atoms with Crippen LogP contribution >= 0.6 is 45.3 Å². The first-order valence-electron chi connectivity index (χ1n) is 50.4. The number of benzene rings is 21. The summed E-state index contributed by atoms with van der Waals surface area (Å²) in [5.74, 6) is 0. The minimum atomic E-state index is 0.897. The lowest BCUT2D eigenvalue weighted by Gasteiger charge is -2.12. The average Bonchev–Trinajstić information content (AvgIpc) is 1.53. The van der Waals surface area contributed by atoms with Crippen molar-refractivity contribution < 1.29 is 17.7 Å². The van der Waals surface area contributed by atoms with Gasteiger partial charge in [-0.25, -0.2) is 0 Å². The molecule has 0 N–H and O–H groups in total. The van der Waals surface area contributed by atoms with E-state index in [1.165, 1.54) is 212 Å². The SMILES string of the molecule is Cc1ccc2oc3ccccc3c2c1.Cc1ccc2sc3ccccc3c2c1.Cc1cccc(-c2ccc3c4ccccc4c4ccccc4c3c2)c1.Cc1cccc(-c2cccc3c2oc2ccccc23)c1.Cc1cccc(-c2cccc3c2sc2ccccc23)c1.Cc1cccc2c1oc1ccccc12.Cc1cccc2c1sc1ccccc12.Cc1nccc2c1oc1ccccc12.Cc1nccc2c1sc1ccccc12. The minimum Gasteiger partial charge on any atom is -0.456 e. The predicted molar refractivity (Wildman–Crippen MR) is 646 cm³/mol. The van der Waals surface area contributed by atoms with Crippen molar-refractivity contribution in [2.75, 3.05) is 0 Å².